The van der Waals surface area contributed by atoms with Crippen LogP contribution in [0.25, 0.3) is 0 Å². The smallest absolute Gasteiger partial charge is 0.262 e. The monoisotopic (exact) mass is 308 g/mol. The summed E-state index contributed by atoms with van der Waals surface area (Å²) in [5.74, 6) is 0.196. The molecule has 1 aromatic carbocycles. The van der Waals surface area contributed by atoms with Crippen molar-refractivity contribution in [1.82, 2.24) is 5.32 Å². The molecule has 6 heteroatoms. The van der Waals surface area contributed by atoms with Gasteiger partial charge in [0.25, 0.3) is 5.91 Å². The summed E-state index contributed by atoms with van der Waals surface area (Å²) in [5.41, 5.74) is -0.860. The SMILES string of the molecule is CC(Oc1cccc(Cl)c1)C(=O)NC1(C#N)CCOCC1. The van der Waals surface area contributed by atoms with Crippen molar-refractivity contribution in [3.8, 4) is 11.8 Å². The number of rotatable bonds is 4. The fourth-order valence-corrected chi connectivity index (χ4v) is 2.30. The Labute approximate surface area is 128 Å². The normalized spacial score (nSPS) is 18.3. The molecule has 0 radical (unpaired) electrons. The molecule has 1 heterocycles. The van der Waals surface area contributed by atoms with Crippen molar-refractivity contribution >= 4 is 17.5 Å². The van der Waals surface area contributed by atoms with Crippen LogP contribution in [0.2, 0.25) is 5.02 Å². The first-order chi connectivity index (χ1) is 10.0. The maximum absolute atomic E-state index is 12.2. The molecule has 0 spiro atoms. The second-order valence-corrected chi connectivity index (χ2v) is 5.45. The van der Waals surface area contributed by atoms with Crippen LogP contribution >= 0.6 is 11.6 Å². The zero-order chi connectivity index (χ0) is 15.3. The summed E-state index contributed by atoms with van der Waals surface area (Å²) in [5, 5.41) is 12.6. The van der Waals surface area contributed by atoms with E-state index in [9.17, 15) is 10.1 Å². The zero-order valence-corrected chi connectivity index (χ0v) is 12.5. The van der Waals surface area contributed by atoms with Crippen LogP contribution in [-0.4, -0.2) is 30.8 Å². The Morgan fingerprint density at radius 1 is 1.52 bits per heavy atom. The molecule has 1 aromatic rings. The van der Waals surface area contributed by atoms with Crippen molar-refractivity contribution in [1.29, 1.82) is 5.26 Å². The van der Waals surface area contributed by atoms with E-state index in [0.717, 1.165) is 0 Å². The van der Waals surface area contributed by atoms with E-state index in [4.69, 9.17) is 21.1 Å². The lowest BCUT2D eigenvalue weighted by Crippen LogP contribution is -2.54. The maximum Gasteiger partial charge on any atom is 0.262 e. The van der Waals surface area contributed by atoms with Crippen molar-refractivity contribution in [2.45, 2.75) is 31.4 Å². The Kier molecular flexibility index (Phi) is 5.05. The lowest BCUT2D eigenvalue weighted by molar-refractivity contribution is -0.129. The van der Waals surface area contributed by atoms with Gasteiger partial charge >= 0.3 is 0 Å². The molecule has 1 saturated heterocycles. The van der Waals surface area contributed by atoms with Gasteiger partial charge in [-0.05, 0) is 25.1 Å². The number of hydrogen-bond donors (Lipinski definition) is 1. The van der Waals surface area contributed by atoms with Crippen LogP contribution in [-0.2, 0) is 9.53 Å². The molecule has 5 nitrogen and oxygen atoms in total. The van der Waals surface area contributed by atoms with Crippen LogP contribution in [0.3, 0.4) is 0 Å². The Morgan fingerprint density at radius 3 is 2.86 bits per heavy atom. The minimum absolute atomic E-state index is 0.321. The largest absolute Gasteiger partial charge is 0.481 e. The first kappa shape index (κ1) is 15.6. The highest BCUT2D eigenvalue weighted by atomic mass is 35.5. The van der Waals surface area contributed by atoms with Gasteiger partial charge in [0.15, 0.2) is 6.10 Å². The molecular weight excluding hydrogens is 292 g/mol. The molecule has 1 atom stereocenters. The number of amides is 1. The van der Waals surface area contributed by atoms with Gasteiger partial charge in [0.2, 0.25) is 0 Å². The van der Waals surface area contributed by atoms with Crippen LogP contribution in [0, 0.1) is 11.3 Å². The molecule has 112 valence electrons. The second-order valence-electron chi connectivity index (χ2n) is 5.01. The van der Waals surface area contributed by atoms with E-state index in [-0.39, 0.29) is 5.91 Å². The van der Waals surface area contributed by atoms with Gasteiger partial charge in [-0.3, -0.25) is 4.79 Å². The number of carbonyl (C=O) groups excluding carboxylic acids is 1. The molecule has 0 aromatic heterocycles. The molecule has 1 aliphatic heterocycles. The summed E-state index contributed by atoms with van der Waals surface area (Å²) in [6.45, 7) is 2.58. The van der Waals surface area contributed by atoms with E-state index >= 15 is 0 Å². The molecular formula is C15H17ClN2O3. The first-order valence-corrected chi connectivity index (χ1v) is 7.16. The molecule has 1 N–H and O–H groups in total. The van der Waals surface area contributed by atoms with Crippen molar-refractivity contribution in [3.63, 3.8) is 0 Å². The molecule has 1 fully saturated rings. The Hall–Kier alpha value is -1.77. The summed E-state index contributed by atoms with van der Waals surface area (Å²) in [7, 11) is 0. The molecule has 0 bridgehead atoms. The third kappa shape index (κ3) is 4.10. The van der Waals surface area contributed by atoms with Crippen molar-refractivity contribution < 1.29 is 14.3 Å². The number of halogens is 1. The van der Waals surface area contributed by atoms with Gasteiger partial charge in [-0.1, -0.05) is 17.7 Å². The summed E-state index contributed by atoms with van der Waals surface area (Å²) in [4.78, 5) is 12.2. The lowest BCUT2D eigenvalue weighted by Gasteiger charge is -2.32. The zero-order valence-electron chi connectivity index (χ0n) is 11.8. The highest BCUT2D eigenvalue weighted by molar-refractivity contribution is 6.30. The molecule has 1 unspecified atom stereocenters. The number of nitrogens with zero attached hydrogens (tertiary/aromatic N) is 1. The number of nitriles is 1. The molecule has 0 saturated carbocycles. The van der Waals surface area contributed by atoms with E-state index in [1.165, 1.54) is 0 Å². The molecule has 1 amide bonds. The molecule has 21 heavy (non-hydrogen) atoms. The predicted octanol–water partition coefficient (Wildman–Crippen LogP) is 2.30. The summed E-state index contributed by atoms with van der Waals surface area (Å²) >= 11 is 5.87. The number of benzene rings is 1. The van der Waals surface area contributed by atoms with Gasteiger partial charge in [-0.25, -0.2) is 0 Å². The number of hydrogen-bond acceptors (Lipinski definition) is 4. The maximum atomic E-state index is 12.2. The van der Waals surface area contributed by atoms with Gasteiger partial charge in [0.05, 0.1) is 6.07 Å². The number of ether oxygens (including phenoxy) is 2. The summed E-state index contributed by atoms with van der Waals surface area (Å²) in [6.07, 6.45) is 0.259. The molecule has 2 rings (SSSR count). The second kappa shape index (κ2) is 6.79. The summed E-state index contributed by atoms with van der Waals surface area (Å²) in [6, 6.07) is 9.03. The standard InChI is InChI=1S/C15H17ClN2O3/c1-11(21-13-4-2-3-12(16)9-13)14(19)18-15(10-17)5-7-20-8-6-15/h2-4,9,11H,5-8H2,1H3,(H,18,19). The van der Waals surface area contributed by atoms with Crippen molar-refractivity contribution in [3.05, 3.63) is 29.3 Å². The third-order valence-electron chi connectivity index (χ3n) is 3.40. The van der Waals surface area contributed by atoms with E-state index in [2.05, 4.69) is 11.4 Å². The van der Waals surface area contributed by atoms with Gasteiger partial charge in [-0.2, -0.15) is 5.26 Å². The predicted molar refractivity (Wildman–Crippen MR) is 78.1 cm³/mol. The van der Waals surface area contributed by atoms with Crippen LogP contribution in [0.15, 0.2) is 24.3 Å². The van der Waals surface area contributed by atoms with Gasteiger partial charge in [-0.15, -0.1) is 0 Å². The molecule has 1 aliphatic rings. The van der Waals surface area contributed by atoms with Crippen LogP contribution in [0.5, 0.6) is 5.75 Å². The van der Waals surface area contributed by atoms with E-state index in [1.54, 1.807) is 31.2 Å². The van der Waals surface area contributed by atoms with Gasteiger partial charge in [0, 0.05) is 31.1 Å². The van der Waals surface area contributed by atoms with Crippen LogP contribution in [0.4, 0.5) is 0 Å². The fourth-order valence-electron chi connectivity index (χ4n) is 2.12. The quantitative estimate of drug-likeness (QED) is 0.926. The Balaban J connectivity index is 1.97. The van der Waals surface area contributed by atoms with Crippen LogP contribution < -0.4 is 10.1 Å². The minimum Gasteiger partial charge on any atom is -0.481 e. The Morgan fingerprint density at radius 2 is 2.24 bits per heavy atom. The van der Waals surface area contributed by atoms with Gasteiger partial charge in [0.1, 0.15) is 11.3 Å². The highest BCUT2D eigenvalue weighted by Crippen LogP contribution is 2.21. The van der Waals surface area contributed by atoms with Crippen LogP contribution in [0.1, 0.15) is 19.8 Å². The van der Waals surface area contributed by atoms with E-state index in [0.29, 0.717) is 36.8 Å². The topological polar surface area (TPSA) is 71.3 Å². The van der Waals surface area contributed by atoms with Gasteiger partial charge < -0.3 is 14.8 Å². The fraction of sp³-hybridized carbons (Fsp3) is 0.467. The first-order valence-electron chi connectivity index (χ1n) is 6.78. The van der Waals surface area contributed by atoms with E-state index < -0.39 is 11.6 Å². The average molecular weight is 309 g/mol. The van der Waals surface area contributed by atoms with Crippen molar-refractivity contribution in [2.75, 3.05) is 13.2 Å². The van der Waals surface area contributed by atoms with Crippen molar-refractivity contribution in [2.24, 2.45) is 0 Å². The summed E-state index contributed by atoms with van der Waals surface area (Å²) < 4.78 is 10.8. The highest BCUT2D eigenvalue weighted by Gasteiger charge is 2.35. The number of nitrogens with one attached hydrogen (secondary N) is 1. The number of carbonyl (C=O) groups is 1. The minimum atomic E-state index is -0.860. The third-order valence-corrected chi connectivity index (χ3v) is 3.64. The average Bonchev–Trinajstić information content (AvgIpc) is 2.48. The Bertz CT molecular complexity index is 550. The molecule has 0 aliphatic carbocycles. The lowest BCUT2D eigenvalue weighted by atomic mass is 9.91. The van der Waals surface area contributed by atoms with E-state index in [1.807, 2.05) is 0 Å².